The first kappa shape index (κ1) is 15.8. The van der Waals surface area contributed by atoms with E-state index in [2.05, 4.69) is 33.5 Å². The first-order chi connectivity index (χ1) is 13.3. The van der Waals surface area contributed by atoms with Crippen LogP contribution in [0.5, 0.6) is 5.75 Å². The topological polar surface area (TPSA) is 58.0 Å². The van der Waals surface area contributed by atoms with Crippen molar-refractivity contribution in [2.75, 3.05) is 5.32 Å². The predicted octanol–water partition coefficient (Wildman–Crippen LogP) is 5.96. The molecule has 130 valence electrons. The lowest BCUT2D eigenvalue weighted by Gasteiger charge is -2.12. The maximum atomic E-state index is 9.84. The van der Waals surface area contributed by atoms with Crippen LogP contribution in [0.3, 0.4) is 0 Å². The van der Waals surface area contributed by atoms with E-state index < -0.39 is 0 Å². The van der Waals surface area contributed by atoms with Crippen LogP contribution >= 0.6 is 11.3 Å². The van der Waals surface area contributed by atoms with Crippen molar-refractivity contribution in [3.05, 3.63) is 78.4 Å². The Kier molecular flexibility index (Phi) is 3.73. The van der Waals surface area contributed by atoms with Crippen LogP contribution in [0, 0.1) is 0 Å². The highest BCUT2D eigenvalue weighted by Gasteiger charge is 2.09. The monoisotopic (exact) mass is 369 g/mol. The van der Waals surface area contributed by atoms with Gasteiger partial charge >= 0.3 is 0 Å². The number of hydrogen-bond donors (Lipinski definition) is 2. The van der Waals surface area contributed by atoms with Gasteiger partial charge in [-0.15, -0.1) is 11.3 Å². The van der Waals surface area contributed by atoms with Gasteiger partial charge in [-0.05, 0) is 52.9 Å². The van der Waals surface area contributed by atoms with Crippen LogP contribution in [0.4, 0.5) is 11.5 Å². The lowest BCUT2D eigenvalue weighted by Crippen LogP contribution is -1.95. The summed E-state index contributed by atoms with van der Waals surface area (Å²) in [4.78, 5) is 8.87. The molecule has 2 heterocycles. The van der Waals surface area contributed by atoms with E-state index in [0.717, 1.165) is 43.6 Å². The third-order valence-corrected chi connectivity index (χ3v) is 5.35. The number of rotatable bonds is 3. The van der Waals surface area contributed by atoms with Gasteiger partial charge in [-0.25, -0.2) is 9.97 Å². The summed E-state index contributed by atoms with van der Waals surface area (Å²) in [7, 11) is 0. The number of nitrogens with zero attached hydrogens (tertiary/aromatic N) is 2. The van der Waals surface area contributed by atoms with Gasteiger partial charge in [-0.2, -0.15) is 0 Å². The standard InChI is InChI=1S/C22H15N3OS/c26-16-4-1-3-14(11-16)17-5-2-6-19-18(17)9-10-23-22(19)25-15-7-8-20-21(12-15)27-13-24-20/h1-13,26H,(H,23,25). The summed E-state index contributed by atoms with van der Waals surface area (Å²) in [5, 5.41) is 15.4. The fraction of sp³-hybridized carbons (Fsp3) is 0. The van der Waals surface area contributed by atoms with Crippen molar-refractivity contribution in [2.45, 2.75) is 0 Å². The van der Waals surface area contributed by atoms with Gasteiger partial charge in [0.15, 0.2) is 0 Å². The molecule has 0 unspecified atom stereocenters. The van der Waals surface area contributed by atoms with Crippen LogP contribution < -0.4 is 5.32 Å². The number of nitrogens with one attached hydrogen (secondary N) is 1. The predicted molar refractivity (Wildman–Crippen MR) is 112 cm³/mol. The summed E-state index contributed by atoms with van der Waals surface area (Å²) in [5.74, 6) is 1.06. The summed E-state index contributed by atoms with van der Waals surface area (Å²) in [6, 6.07) is 21.6. The number of phenolic OH excluding ortho intramolecular Hbond substituents is 1. The fourth-order valence-electron chi connectivity index (χ4n) is 3.30. The van der Waals surface area contributed by atoms with Crippen molar-refractivity contribution in [3.63, 3.8) is 0 Å². The number of aromatic hydroxyl groups is 1. The van der Waals surface area contributed by atoms with E-state index in [9.17, 15) is 5.11 Å². The molecular weight excluding hydrogens is 354 g/mol. The van der Waals surface area contributed by atoms with Gasteiger partial charge in [-0.1, -0.05) is 30.3 Å². The second-order valence-electron chi connectivity index (χ2n) is 6.27. The van der Waals surface area contributed by atoms with E-state index >= 15 is 0 Å². The summed E-state index contributed by atoms with van der Waals surface area (Å²) in [6.07, 6.45) is 1.81. The van der Waals surface area contributed by atoms with Crippen LogP contribution in [0.25, 0.3) is 32.1 Å². The molecule has 5 rings (SSSR count). The molecule has 2 aromatic heterocycles. The SMILES string of the molecule is Oc1cccc(-c2cccc3c(Nc4ccc5ncsc5c4)nccc23)c1. The van der Waals surface area contributed by atoms with Crippen molar-refractivity contribution in [3.8, 4) is 16.9 Å². The van der Waals surface area contributed by atoms with Crippen molar-refractivity contribution in [1.82, 2.24) is 9.97 Å². The molecule has 4 nitrogen and oxygen atoms in total. The van der Waals surface area contributed by atoms with Gasteiger partial charge in [-0.3, -0.25) is 0 Å². The highest BCUT2D eigenvalue weighted by atomic mass is 32.1. The molecule has 0 aliphatic rings. The summed E-state index contributed by atoms with van der Waals surface area (Å²) >= 11 is 1.62. The van der Waals surface area contributed by atoms with Crippen LogP contribution in [0.1, 0.15) is 0 Å². The number of aromatic nitrogens is 2. The molecule has 2 N–H and O–H groups in total. The molecule has 0 amide bonds. The zero-order valence-electron chi connectivity index (χ0n) is 14.3. The number of hydrogen-bond acceptors (Lipinski definition) is 5. The van der Waals surface area contributed by atoms with E-state index in [4.69, 9.17) is 0 Å². The molecule has 0 atom stereocenters. The third-order valence-electron chi connectivity index (χ3n) is 4.56. The second-order valence-corrected chi connectivity index (χ2v) is 7.16. The Morgan fingerprint density at radius 3 is 2.70 bits per heavy atom. The van der Waals surface area contributed by atoms with Crippen LogP contribution in [-0.4, -0.2) is 15.1 Å². The molecule has 5 aromatic rings. The zero-order valence-corrected chi connectivity index (χ0v) is 15.1. The van der Waals surface area contributed by atoms with Gasteiger partial charge in [0, 0.05) is 17.3 Å². The van der Waals surface area contributed by atoms with Gasteiger partial charge in [0.05, 0.1) is 15.7 Å². The van der Waals surface area contributed by atoms with Crippen molar-refractivity contribution >= 4 is 43.8 Å². The van der Waals surface area contributed by atoms with Crippen LogP contribution in [0.15, 0.2) is 78.4 Å². The van der Waals surface area contributed by atoms with E-state index in [-0.39, 0.29) is 5.75 Å². The molecule has 0 aliphatic carbocycles. The zero-order chi connectivity index (χ0) is 18.2. The van der Waals surface area contributed by atoms with Gasteiger partial charge in [0.25, 0.3) is 0 Å². The maximum absolute atomic E-state index is 9.84. The normalized spacial score (nSPS) is 11.1. The first-order valence-electron chi connectivity index (χ1n) is 8.55. The number of thiazole rings is 1. The van der Waals surface area contributed by atoms with Gasteiger partial charge in [0.2, 0.25) is 0 Å². The minimum absolute atomic E-state index is 0.259. The minimum atomic E-state index is 0.259. The number of phenols is 1. The fourth-order valence-corrected chi connectivity index (χ4v) is 4.02. The minimum Gasteiger partial charge on any atom is -0.508 e. The van der Waals surface area contributed by atoms with Gasteiger partial charge in [0.1, 0.15) is 11.6 Å². The number of anilines is 2. The lowest BCUT2D eigenvalue weighted by molar-refractivity contribution is 0.475. The Hall–Kier alpha value is -3.44. The molecule has 0 aliphatic heterocycles. The second kappa shape index (κ2) is 6.37. The van der Waals surface area contributed by atoms with Crippen LogP contribution in [0.2, 0.25) is 0 Å². The van der Waals surface area contributed by atoms with Crippen molar-refractivity contribution < 1.29 is 5.11 Å². The highest BCUT2D eigenvalue weighted by Crippen LogP contribution is 2.34. The number of pyridine rings is 1. The van der Waals surface area contributed by atoms with Crippen molar-refractivity contribution in [2.24, 2.45) is 0 Å². The number of benzene rings is 3. The van der Waals surface area contributed by atoms with E-state index in [1.54, 1.807) is 23.5 Å². The van der Waals surface area contributed by atoms with Crippen LogP contribution in [-0.2, 0) is 0 Å². The molecule has 3 aromatic carbocycles. The molecule has 0 fully saturated rings. The maximum Gasteiger partial charge on any atom is 0.138 e. The molecule has 27 heavy (non-hydrogen) atoms. The Balaban J connectivity index is 1.62. The van der Waals surface area contributed by atoms with E-state index in [1.807, 2.05) is 48.1 Å². The molecule has 5 heteroatoms. The van der Waals surface area contributed by atoms with E-state index in [1.165, 1.54) is 0 Å². The Labute approximate surface area is 159 Å². The Bertz CT molecular complexity index is 1280. The Morgan fingerprint density at radius 2 is 1.78 bits per heavy atom. The molecular formula is C22H15N3OS. The quantitative estimate of drug-likeness (QED) is 0.412. The average Bonchev–Trinajstić information content (AvgIpc) is 3.16. The largest absolute Gasteiger partial charge is 0.508 e. The smallest absolute Gasteiger partial charge is 0.138 e. The molecule has 0 bridgehead atoms. The Morgan fingerprint density at radius 1 is 0.852 bits per heavy atom. The molecule has 0 spiro atoms. The number of fused-ring (bicyclic) bond motifs is 2. The summed E-state index contributed by atoms with van der Waals surface area (Å²) in [6.45, 7) is 0. The lowest BCUT2D eigenvalue weighted by atomic mass is 9.99. The highest BCUT2D eigenvalue weighted by molar-refractivity contribution is 7.16. The summed E-state index contributed by atoms with van der Waals surface area (Å²) < 4.78 is 1.14. The molecule has 0 saturated carbocycles. The summed E-state index contributed by atoms with van der Waals surface area (Å²) in [5.41, 5.74) is 5.87. The van der Waals surface area contributed by atoms with Crippen molar-refractivity contribution in [1.29, 1.82) is 0 Å². The molecule has 0 saturated heterocycles. The van der Waals surface area contributed by atoms with E-state index in [0.29, 0.717) is 0 Å². The first-order valence-corrected chi connectivity index (χ1v) is 9.43. The van der Waals surface area contributed by atoms with Gasteiger partial charge < -0.3 is 10.4 Å². The molecule has 0 radical (unpaired) electrons. The third kappa shape index (κ3) is 2.88. The average molecular weight is 369 g/mol.